The Hall–Kier alpha value is -0.610. The third kappa shape index (κ3) is 5.50. The summed E-state index contributed by atoms with van der Waals surface area (Å²) in [6, 6.07) is 0.357. The van der Waals surface area contributed by atoms with Gasteiger partial charge in [-0.05, 0) is 27.2 Å². The van der Waals surface area contributed by atoms with Crippen LogP contribution in [0.15, 0.2) is 0 Å². The molecule has 0 aliphatic carbocycles. The van der Waals surface area contributed by atoms with Crippen molar-refractivity contribution in [2.45, 2.75) is 71.3 Å². The second kappa shape index (κ2) is 6.97. The number of nitrogens with one attached hydrogen (secondary N) is 1. The smallest absolute Gasteiger partial charge is 0.320 e. The first-order valence-electron chi connectivity index (χ1n) is 6.59. The van der Waals surface area contributed by atoms with E-state index in [1.165, 1.54) is 0 Å². The Bertz CT molecular complexity index is 235. The molecule has 1 rings (SSSR count). The van der Waals surface area contributed by atoms with Gasteiger partial charge in [0.05, 0.1) is 18.8 Å². The Morgan fingerprint density at radius 3 is 2.53 bits per heavy atom. The van der Waals surface area contributed by atoms with Gasteiger partial charge in [-0.2, -0.15) is 0 Å². The Morgan fingerprint density at radius 1 is 1.41 bits per heavy atom. The summed E-state index contributed by atoms with van der Waals surface area (Å²) in [5, 5.41) is 3.14. The lowest BCUT2D eigenvalue weighted by Gasteiger charge is -2.31. The average Bonchev–Trinajstić information content (AvgIpc) is 2.24. The van der Waals surface area contributed by atoms with E-state index in [1.54, 1.807) is 0 Å². The van der Waals surface area contributed by atoms with Gasteiger partial charge in [-0.3, -0.25) is 4.79 Å². The zero-order valence-electron chi connectivity index (χ0n) is 11.4. The minimum absolute atomic E-state index is 0.0139. The second-order valence-corrected chi connectivity index (χ2v) is 5.03. The molecule has 0 aromatic rings. The molecule has 3 atom stereocenters. The molecule has 100 valence electrons. The van der Waals surface area contributed by atoms with Crippen molar-refractivity contribution in [2.75, 3.05) is 6.54 Å². The minimum atomic E-state index is -0.156. The molecule has 0 aromatic heterocycles. The van der Waals surface area contributed by atoms with E-state index < -0.39 is 0 Å². The number of hydrogen-bond acceptors (Lipinski definition) is 4. The quantitative estimate of drug-likeness (QED) is 0.749. The largest absolute Gasteiger partial charge is 0.461 e. The second-order valence-electron chi connectivity index (χ2n) is 5.03. The van der Waals surface area contributed by atoms with Crippen LogP contribution in [0.25, 0.3) is 0 Å². The molecule has 1 aliphatic heterocycles. The van der Waals surface area contributed by atoms with Crippen LogP contribution in [0.5, 0.6) is 0 Å². The molecule has 1 heterocycles. The van der Waals surface area contributed by atoms with Crippen molar-refractivity contribution in [2.24, 2.45) is 0 Å². The Labute approximate surface area is 104 Å². The highest BCUT2D eigenvalue weighted by atomic mass is 16.6. The number of hydrogen-bond donors (Lipinski definition) is 1. The van der Waals surface area contributed by atoms with Crippen LogP contribution in [0.4, 0.5) is 0 Å². The summed E-state index contributed by atoms with van der Waals surface area (Å²) < 4.78 is 11.1. The van der Waals surface area contributed by atoms with E-state index in [0.29, 0.717) is 12.6 Å². The van der Waals surface area contributed by atoms with Crippen molar-refractivity contribution in [1.82, 2.24) is 5.32 Å². The highest BCUT2D eigenvalue weighted by Gasteiger charge is 2.27. The van der Waals surface area contributed by atoms with Gasteiger partial charge in [-0.15, -0.1) is 0 Å². The fourth-order valence-corrected chi connectivity index (χ4v) is 2.07. The summed E-state index contributed by atoms with van der Waals surface area (Å²) in [5.74, 6) is -0.156. The van der Waals surface area contributed by atoms with Crippen molar-refractivity contribution in [3.63, 3.8) is 0 Å². The lowest BCUT2D eigenvalue weighted by Crippen LogP contribution is -2.38. The van der Waals surface area contributed by atoms with Crippen LogP contribution in [0.2, 0.25) is 0 Å². The molecule has 0 bridgehead atoms. The first-order valence-corrected chi connectivity index (χ1v) is 6.59. The van der Waals surface area contributed by atoms with E-state index in [0.717, 1.165) is 19.3 Å². The van der Waals surface area contributed by atoms with E-state index in [2.05, 4.69) is 19.2 Å². The number of carbonyl (C=O) groups excluding carboxylic acids is 1. The average molecular weight is 243 g/mol. The van der Waals surface area contributed by atoms with E-state index >= 15 is 0 Å². The molecule has 4 heteroatoms. The van der Waals surface area contributed by atoms with E-state index in [4.69, 9.17) is 9.47 Å². The molecule has 0 spiro atoms. The normalized spacial score (nSPS) is 30.9. The van der Waals surface area contributed by atoms with E-state index in [9.17, 15) is 4.79 Å². The number of rotatable bonds is 5. The molecule has 1 aliphatic rings. The Kier molecular flexibility index (Phi) is 5.92. The predicted octanol–water partition coefficient (Wildman–Crippen LogP) is 1.87. The standard InChI is InChI=1S/C13H25NO3/c1-5-9(2)14-8-13(15)17-12-6-10(3)16-11(4)7-12/h9-12,14H,5-8H2,1-4H3. The lowest BCUT2D eigenvalue weighted by atomic mass is 10.0. The Morgan fingerprint density at radius 2 is 2.00 bits per heavy atom. The molecule has 0 radical (unpaired) electrons. The SMILES string of the molecule is CCC(C)NCC(=O)OC1CC(C)OC(C)C1. The zero-order chi connectivity index (χ0) is 12.8. The van der Waals surface area contributed by atoms with Crippen LogP contribution in [-0.2, 0) is 14.3 Å². The number of carbonyl (C=O) groups is 1. The summed E-state index contributed by atoms with van der Waals surface area (Å²) in [5.41, 5.74) is 0. The molecule has 4 nitrogen and oxygen atoms in total. The summed E-state index contributed by atoms with van der Waals surface area (Å²) in [7, 11) is 0. The van der Waals surface area contributed by atoms with Gasteiger partial charge in [0, 0.05) is 18.9 Å². The van der Waals surface area contributed by atoms with Crippen LogP contribution in [0.1, 0.15) is 47.0 Å². The number of ether oxygens (including phenoxy) is 2. The van der Waals surface area contributed by atoms with Crippen molar-refractivity contribution in [3.05, 3.63) is 0 Å². The molecular formula is C13H25NO3. The van der Waals surface area contributed by atoms with Crippen LogP contribution in [0, 0.1) is 0 Å². The first kappa shape index (κ1) is 14.5. The van der Waals surface area contributed by atoms with Crippen molar-refractivity contribution in [3.8, 4) is 0 Å². The number of esters is 1. The maximum atomic E-state index is 11.6. The van der Waals surface area contributed by atoms with E-state index in [1.807, 2.05) is 13.8 Å². The maximum Gasteiger partial charge on any atom is 0.320 e. The molecule has 1 fully saturated rings. The summed E-state index contributed by atoms with van der Waals surface area (Å²) in [6.07, 6.45) is 3.00. The fourth-order valence-electron chi connectivity index (χ4n) is 2.07. The molecule has 3 unspecified atom stereocenters. The molecule has 1 saturated heterocycles. The van der Waals surface area contributed by atoms with Crippen LogP contribution < -0.4 is 5.32 Å². The molecular weight excluding hydrogens is 218 g/mol. The van der Waals surface area contributed by atoms with Gasteiger partial charge in [0.15, 0.2) is 0 Å². The van der Waals surface area contributed by atoms with Crippen LogP contribution in [0.3, 0.4) is 0 Å². The minimum Gasteiger partial charge on any atom is -0.461 e. The molecule has 0 saturated carbocycles. The van der Waals surface area contributed by atoms with Gasteiger partial charge >= 0.3 is 5.97 Å². The fraction of sp³-hybridized carbons (Fsp3) is 0.923. The van der Waals surface area contributed by atoms with Gasteiger partial charge in [0.25, 0.3) is 0 Å². The first-order chi connectivity index (χ1) is 8.01. The molecule has 0 amide bonds. The topological polar surface area (TPSA) is 47.6 Å². The van der Waals surface area contributed by atoms with Crippen molar-refractivity contribution in [1.29, 1.82) is 0 Å². The van der Waals surface area contributed by atoms with Crippen molar-refractivity contribution >= 4 is 5.97 Å². The highest BCUT2D eigenvalue weighted by Crippen LogP contribution is 2.21. The van der Waals surface area contributed by atoms with Gasteiger partial charge in [-0.1, -0.05) is 6.92 Å². The third-order valence-corrected chi connectivity index (χ3v) is 3.16. The van der Waals surface area contributed by atoms with Gasteiger partial charge in [0.2, 0.25) is 0 Å². The summed E-state index contributed by atoms with van der Waals surface area (Å²) in [6.45, 7) is 8.49. The summed E-state index contributed by atoms with van der Waals surface area (Å²) in [4.78, 5) is 11.6. The molecule has 1 N–H and O–H groups in total. The van der Waals surface area contributed by atoms with E-state index in [-0.39, 0.29) is 24.3 Å². The van der Waals surface area contributed by atoms with Gasteiger partial charge in [0.1, 0.15) is 6.10 Å². The third-order valence-electron chi connectivity index (χ3n) is 3.16. The molecule has 0 aromatic carbocycles. The Balaban J connectivity index is 2.25. The summed E-state index contributed by atoms with van der Waals surface area (Å²) >= 11 is 0. The van der Waals surface area contributed by atoms with Crippen LogP contribution in [-0.4, -0.2) is 36.9 Å². The van der Waals surface area contributed by atoms with Gasteiger partial charge in [-0.25, -0.2) is 0 Å². The highest BCUT2D eigenvalue weighted by molar-refractivity contribution is 5.71. The molecule has 17 heavy (non-hydrogen) atoms. The lowest BCUT2D eigenvalue weighted by molar-refractivity contribution is -0.158. The van der Waals surface area contributed by atoms with Gasteiger partial charge < -0.3 is 14.8 Å². The van der Waals surface area contributed by atoms with Crippen LogP contribution >= 0.6 is 0 Å². The zero-order valence-corrected chi connectivity index (χ0v) is 11.4. The maximum absolute atomic E-state index is 11.6. The monoisotopic (exact) mass is 243 g/mol. The predicted molar refractivity (Wildman–Crippen MR) is 66.9 cm³/mol. The van der Waals surface area contributed by atoms with Crippen molar-refractivity contribution < 1.29 is 14.3 Å².